The Labute approximate surface area is 283 Å². The zero-order chi connectivity index (χ0) is 35.5. The highest BCUT2D eigenvalue weighted by Crippen LogP contribution is 2.66. The lowest BCUT2D eigenvalue weighted by molar-refractivity contribution is -0.125. The first kappa shape index (κ1) is 32.9. The zero-order valence-corrected chi connectivity index (χ0v) is 26.1. The van der Waals surface area contributed by atoms with E-state index < -0.39 is 115 Å². The van der Waals surface area contributed by atoms with E-state index in [1.165, 1.54) is 18.2 Å². The molecule has 4 amide bonds. The molecule has 0 unspecified atom stereocenters. The average Bonchev–Trinajstić information content (AvgIpc) is 3.42. The quantitative estimate of drug-likeness (QED) is 0.0815. The number of hydrogen-bond acceptors (Lipinski definition) is 5. The summed E-state index contributed by atoms with van der Waals surface area (Å²) in [5, 5.41) is 10.9. The highest BCUT2D eigenvalue weighted by Gasteiger charge is 2.77. The third-order valence-electron chi connectivity index (χ3n) is 9.94. The average molecular weight is 721 g/mol. The van der Waals surface area contributed by atoms with Crippen molar-refractivity contribution >= 4 is 64.3 Å². The van der Waals surface area contributed by atoms with E-state index in [2.05, 4.69) is 6.58 Å². The number of rotatable bonds is 4. The molecule has 1 saturated carbocycles. The lowest BCUT2D eigenvalue weighted by Crippen LogP contribution is -2.60. The van der Waals surface area contributed by atoms with E-state index in [4.69, 9.17) is 23.2 Å². The maximum atomic E-state index is 15.1. The molecule has 2 aliphatic heterocycles. The van der Waals surface area contributed by atoms with Crippen LogP contribution in [-0.4, -0.2) is 38.5 Å². The predicted molar refractivity (Wildman–Crippen MR) is 164 cm³/mol. The number of hydrogen-bond donors (Lipinski definition) is 1. The van der Waals surface area contributed by atoms with Gasteiger partial charge in [0.25, 0.3) is 11.8 Å². The van der Waals surface area contributed by atoms with Gasteiger partial charge < -0.3 is 5.11 Å². The molecule has 15 heteroatoms. The second-order valence-corrected chi connectivity index (χ2v) is 13.4. The molecule has 7 rings (SSSR count). The normalized spacial score (nSPS) is 29.2. The van der Waals surface area contributed by atoms with Gasteiger partial charge in [-0.2, -0.15) is 0 Å². The van der Waals surface area contributed by atoms with Crippen molar-refractivity contribution < 1.29 is 50.6 Å². The van der Waals surface area contributed by atoms with Crippen molar-refractivity contribution in [1.82, 2.24) is 0 Å². The smallest absolute Gasteiger partial charge is 0.258 e. The summed E-state index contributed by atoms with van der Waals surface area (Å²) >= 11 is 14.0. The van der Waals surface area contributed by atoms with E-state index >= 15 is 8.78 Å². The van der Waals surface area contributed by atoms with Crippen LogP contribution < -0.4 is 9.80 Å². The van der Waals surface area contributed by atoms with Gasteiger partial charge in [0.1, 0.15) is 5.69 Å². The lowest BCUT2D eigenvalue weighted by Gasteiger charge is -2.50. The predicted octanol–water partition coefficient (Wildman–Crippen LogP) is 6.64. The molecular formula is C34H20Cl2F6N2O5. The van der Waals surface area contributed by atoms with Crippen molar-refractivity contribution in [2.24, 2.45) is 17.8 Å². The first-order chi connectivity index (χ1) is 23.1. The van der Waals surface area contributed by atoms with Crippen LogP contribution >= 0.6 is 23.2 Å². The van der Waals surface area contributed by atoms with Crippen LogP contribution in [0.4, 0.5) is 37.7 Å². The van der Waals surface area contributed by atoms with Gasteiger partial charge in [-0.15, -0.1) is 23.2 Å². The number of benzene rings is 3. The molecular weight excluding hydrogens is 701 g/mol. The van der Waals surface area contributed by atoms with E-state index in [0.29, 0.717) is 5.56 Å². The molecule has 3 fully saturated rings. The molecule has 49 heavy (non-hydrogen) atoms. The first-order valence-corrected chi connectivity index (χ1v) is 15.4. The van der Waals surface area contributed by atoms with Crippen LogP contribution in [0.3, 0.4) is 0 Å². The molecule has 2 heterocycles. The fraction of sp³-hybridized carbons (Fsp3) is 0.235. The summed E-state index contributed by atoms with van der Waals surface area (Å²) in [6.45, 7) is 3.66. The summed E-state index contributed by atoms with van der Waals surface area (Å²) in [5.41, 5.74) is -1.40. The van der Waals surface area contributed by atoms with Gasteiger partial charge in [-0.3, -0.25) is 24.1 Å². The van der Waals surface area contributed by atoms with Crippen molar-refractivity contribution in [1.29, 1.82) is 0 Å². The Kier molecular flexibility index (Phi) is 7.35. The minimum Gasteiger partial charge on any atom is -0.505 e. The number of imide groups is 2. The van der Waals surface area contributed by atoms with Gasteiger partial charge in [-0.05, 0) is 42.5 Å². The molecule has 3 aromatic carbocycles. The number of alkyl halides is 2. The van der Waals surface area contributed by atoms with E-state index in [1.54, 1.807) is 18.2 Å². The highest BCUT2D eigenvalue weighted by atomic mass is 35.5. The van der Waals surface area contributed by atoms with Gasteiger partial charge >= 0.3 is 0 Å². The molecule has 0 radical (unpaired) electrons. The summed E-state index contributed by atoms with van der Waals surface area (Å²) in [5.74, 6) is -24.9. The van der Waals surface area contributed by atoms with E-state index in [9.17, 15) is 41.8 Å². The summed E-state index contributed by atoms with van der Waals surface area (Å²) < 4.78 is 87.8. The molecule has 7 nitrogen and oxygen atoms in total. The number of halogens is 8. The SMILES string of the molecule is C=Cc1ccc(N2C(=O)[C@H]3[C@H](CC=C4[C@H]3C[C@@]3(Cl)C(=O)N(c5c(F)c(F)c(F)c(F)c5F)C(=O)[C@@]3(Cl)[C@H]4c3cccc(F)c3O)C2=O)cc1. The largest absolute Gasteiger partial charge is 0.505 e. The Morgan fingerprint density at radius 2 is 1.41 bits per heavy atom. The molecule has 2 saturated heterocycles. The second kappa shape index (κ2) is 10.9. The Bertz CT molecular complexity index is 2060. The Morgan fingerprint density at radius 3 is 2.02 bits per heavy atom. The van der Waals surface area contributed by atoms with Crippen LogP contribution in [0.25, 0.3) is 6.08 Å². The number of carbonyl (C=O) groups excluding carboxylic acids is 4. The molecule has 252 valence electrons. The van der Waals surface area contributed by atoms with E-state index in [1.807, 2.05) is 0 Å². The molecule has 4 aliphatic rings. The maximum absolute atomic E-state index is 15.1. The first-order valence-electron chi connectivity index (χ1n) is 14.7. The van der Waals surface area contributed by atoms with Crippen LogP contribution in [0, 0.1) is 52.7 Å². The van der Waals surface area contributed by atoms with Crippen LogP contribution in [-0.2, 0) is 19.2 Å². The summed E-state index contributed by atoms with van der Waals surface area (Å²) in [7, 11) is 0. The minimum absolute atomic E-state index is 0.0684. The van der Waals surface area contributed by atoms with Crippen LogP contribution in [0.15, 0.2) is 60.7 Å². The molecule has 0 aromatic heterocycles. The third-order valence-corrected chi connectivity index (χ3v) is 11.4. The fourth-order valence-corrected chi connectivity index (χ4v) is 8.62. The van der Waals surface area contributed by atoms with Gasteiger partial charge in [0.15, 0.2) is 44.6 Å². The maximum Gasteiger partial charge on any atom is 0.258 e. The van der Waals surface area contributed by atoms with Crippen molar-refractivity contribution in [3.63, 3.8) is 0 Å². The number of nitrogens with zero attached hydrogens (tertiary/aromatic N) is 2. The van der Waals surface area contributed by atoms with Crippen LogP contribution in [0.2, 0.25) is 0 Å². The monoisotopic (exact) mass is 720 g/mol. The van der Waals surface area contributed by atoms with Gasteiger partial charge in [-0.1, -0.05) is 48.6 Å². The number of phenolic OH excluding ortho intramolecular Hbond substituents is 1. The molecule has 0 bridgehead atoms. The van der Waals surface area contributed by atoms with Crippen molar-refractivity contribution in [2.75, 3.05) is 9.80 Å². The van der Waals surface area contributed by atoms with Crippen molar-refractivity contribution in [3.8, 4) is 5.75 Å². The van der Waals surface area contributed by atoms with Crippen LogP contribution in [0.5, 0.6) is 5.75 Å². The van der Waals surface area contributed by atoms with Crippen LogP contribution in [0.1, 0.15) is 29.9 Å². The Morgan fingerprint density at radius 1 is 0.796 bits per heavy atom. The third kappa shape index (κ3) is 4.11. The molecule has 0 spiro atoms. The second-order valence-electron chi connectivity index (χ2n) is 12.2. The number of para-hydroxylation sites is 1. The summed E-state index contributed by atoms with van der Waals surface area (Å²) in [6.07, 6.45) is 2.12. The van der Waals surface area contributed by atoms with Gasteiger partial charge in [0, 0.05) is 11.5 Å². The topological polar surface area (TPSA) is 95.0 Å². The number of anilines is 2. The van der Waals surface area contributed by atoms with Gasteiger partial charge in [0.2, 0.25) is 17.6 Å². The fourth-order valence-electron chi connectivity index (χ4n) is 7.69. The molecule has 3 aromatic rings. The number of fused-ring (bicyclic) bond motifs is 4. The zero-order valence-electron chi connectivity index (χ0n) is 24.6. The molecule has 6 atom stereocenters. The minimum atomic E-state index is -2.89. The summed E-state index contributed by atoms with van der Waals surface area (Å²) in [4.78, 5) is 51.2. The van der Waals surface area contributed by atoms with E-state index in [0.717, 1.165) is 23.1 Å². The number of aromatic hydroxyl groups is 1. The number of allylic oxidation sites excluding steroid dienone is 2. The van der Waals surface area contributed by atoms with Gasteiger partial charge in [0.05, 0.1) is 17.5 Å². The number of phenols is 1. The summed E-state index contributed by atoms with van der Waals surface area (Å²) in [6, 6.07) is 9.37. The molecule has 2 aliphatic carbocycles. The molecule has 1 N–H and O–H groups in total. The standard InChI is InChI=1S/C34H20Cl2F6N2O5/c1-2-13-6-8-14(9-7-13)43-29(46)16-11-10-15-18(20(16)30(43)47)12-33(35)31(48)44(27-25(41)23(39)22(38)24(40)26(27)42)32(49)34(33,36)21(15)17-4-3-5-19(37)28(17)45/h2-10,16,18,20-21,45H,1,11-12H2/t16-,18+,20-,21+,33+,34-/m0/s1. The Balaban J connectivity index is 1.43. The van der Waals surface area contributed by atoms with Gasteiger partial charge in [-0.25, -0.2) is 31.2 Å². The number of amides is 4. The van der Waals surface area contributed by atoms with Crippen molar-refractivity contribution in [3.05, 3.63) is 107 Å². The Hall–Kier alpha value is -4.62. The highest BCUT2D eigenvalue weighted by molar-refractivity contribution is 6.58. The van der Waals surface area contributed by atoms with Crippen molar-refractivity contribution in [2.45, 2.75) is 28.5 Å². The lowest BCUT2D eigenvalue weighted by atomic mass is 9.56. The number of carbonyl (C=O) groups is 4. The van der Waals surface area contributed by atoms with E-state index in [-0.39, 0.29) is 22.6 Å².